The van der Waals surface area contributed by atoms with E-state index in [2.05, 4.69) is 24.4 Å². The maximum atomic E-state index is 10.5. The number of carbonyl (C=O) groups excluding carboxylic acids is 1. The number of aryl methyl sites for hydroxylation is 1. The molecule has 0 spiro atoms. The highest BCUT2D eigenvalue weighted by molar-refractivity contribution is 7.11. The van der Waals surface area contributed by atoms with Crippen LogP contribution >= 0.6 is 11.3 Å². The minimum atomic E-state index is -0.458. The third-order valence-electron chi connectivity index (χ3n) is 1.69. The number of hydrogen-bond donors (Lipinski definition) is 2. The lowest BCUT2D eigenvalue weighted by atomic mass is 10.2. The molecule has 0 saturated carbocycles. The molecule has 0 saturated heterocycles. The largest absolute Gasteiger partial charge is 0.352 e. The lowest BCUT2D eigenvalue weighted by molar-refractivity contribution is 0.246. The monoisotopic (exact) mass is 198 g/mol. The lowest BCUT2D eigenvalue weighted by Crippen LogP contribution is -2.37. The SMILES string of the molecule is Cc1ccc(CC(C)NC(N)=O)s1. The number of rotatable bonds is 3. The third kappa shape index (κ3) is 3.46. The molecule has 2 amide bonds. The number of amides is 2. The van der Waals surface area contributed by atoms with Gasteiger partial charge in [-0.2, -0.15) is 0 Å². The summed E-state index contributed by atoms with van der Waals surface area (Å²) in [5, 5.41) is 2.65. The van der Waals surface area contributed by atoms with Crippen molar-refractivity contribution in [2.24, 2.45) is 5.73 Å². The minimum Gasteiger partial charge on any atom is -0.352 e. The molecular formula is C9H14N2OS. The van der Waals surface area contributed by atoms with Gasteiger partial charge in [0.25, 0.3) is 0 Å². The zero-order chi connectivity index (χ0) is 9.84. The first kappa shape index (κ1) is 10.1. The Morgan fingerprint density at radius 3 is 2.85 bits per heavy atom. The molecule has 0 aliphatic rings. The van der Waals surface area contributed by atoms with Gasteiger partial charge in [0, 0.05) is 22.2 Å². The van der Waals surface area contributed by atoms with Crippen molar-refractivity contribution in [3.05, 3.63) is 21.9 Å². The van der Waals surface area contributed by atoms with Gasteiger partial charge in [-0.25, -0.2) is 4.79 Å². The summed E-state index contributed by atoms with van der Waals surface area (Å²) >= 11 is 1.75. The fourth-order valence-electron chi connectivity index (χ4n) is 1.19. The second kappa shape index (κ2) is 4.28. The average Bonchev–Trinajstić information content (AvgIpc) is 2.33. The van der Waals surface area contributed by atoms with Crippen molar-refractivity contribution >= 4 is 17.4 Å². The maximum Gasteiger partial charge on any atom is 0.312 e. The predicted molar refractivity (Wildman–Crippen MR) is 54.9 cm³/mol. The van der Waals surface area contributed by atoms with Crippen LogP contribution < -0.4 is 11.1 Å². The van der Waals surface area contributed by atoms with Crippen LogP contribution in [0.15, 0.2) is 12.1 Å². The average molecular weight is 198 g/mol. The van der Waals surface area contributed by atoms with Crippen molar-refractivity contribution in [1.82, 2.24) is 5.32 Å². The van der Waals surface area contributed by atoms with Gasteiger partial charge in [0.1, 0.15) is 0 Å². The Balaban J connectivity index is 2.44. The summed E-state index contributed by atoms with van der Waals surface area (Å²) in [6.07, 6.45) is 0.849. The van der Waals surface area contributed by atoms with E-state index in [1.54, 1.807) is 11.3 Å². The highest BCUT2D eigenvalue weighted by Gasteiger charge is 2.06. The Hall–Kier alpha value is -1.03. The number of carbonyl (C=O) groups is 1. The Bertz CT molecular complexity index is 296. The smallest absolute Gasteiger partial charge is 0.312 e. The molecule has 3 nitrogen and oxygen atoms in total. The van der Waals surface area contributed by atoms with Gasteiger partial charge in [-0.3, -0.25) is 0 Å². The Labute approximate surface area is 81.9 Å². The molecule has 1 aromatic heterocycles. The molecule has 1 aromatic rings. The second-order valence-corrected chi connectivity index (χ2v) is 4.50. The second-order valence-electron chi connectivity index (χ2n) is 3.13. The molecule has 0 fully saturated rings. The number of nitrogens with one attached hydrogen (secondary N) is 1. The van der Waals surface area contributed by atoms with Crippen LogP contribution in [-0.4, -0.2) is 12.1 Å². The summed E-state index contributed by atoms with van der Waals surface area (Å²) < 4.78 is 0. The number of thiophene rings is 1. The van der Waals surface area contributed by atoms with E-state index < -0.39 is 6.03 Å². The van der Waals surface area contributed by atoms with Crippen LogP contribution in [0.5, 0.6) is 0 Å². The van der Waals surface area contributed by atoms with Crippen molar-refractivity contribution in [2.75, 3.05) is 0 Å². The van der Waals surface area contributed by atoms with Gasteiger partial charge in [0.2, 0.25) is 0 Å². The van der Waals surface area contributed by atoms with Gasteiger partial charge >= 0.3 is 6.03 Å². The fourth-order valence-corrected chi connectivity index (χ4v) is 2.21. The Morgan fingerprint density at radius 2 is 2.38 bits per heavy atom. The molecule has 0 radical (unpaired) electrons. The van der Waals surface area contributed by atoms with Crippen molar-refractivity contribution in [2.45, 2.75) is 26.3 Å². The van der Waals surface area contributed by atoms with Gasteiger partial charge in [-0.15, -0.1) is 11.3 Å². The fraction of sp³-hybridized carbons (Fsp3) is 0.444. The first-order valence-corrected chi connectivity index (χ1v) is 5.01. The third-order valence-corrected chi connectivity index (χ3v) is 2.72. The summed E-state index contributed by atoms with van der Waals surface area (Å²) in [6.45, 7) is 4.01. The van der Waals surface area contributed by atoms with E-state index in [1.807, 2.05) is 6.92 Å². The quantitative estimate of drug-likeness (QED) is 0.762. The number of hydrogen-bond acceptors (Lipinski definition) is 2. The lowest BCUT2D eigenvalue weighted by Gasteiger charge is -2.09. The van der Waals surface area contributed by atoms with E-state index in [0.717, 1.165) is 6.42 Å². The van der Waals surface area contributed by atoms with Crippen LogP contribution in [-0.2, 0) is 6.42 Å². The van der Waals surface area contributed by atoms with Crippen LogP contribution in [0.3, 0.4) is 0 Å². The first-order valence-electron chi connectivity index (χ1n) is 4.19. The van der Waals surface area contributed by atoms with Gasteiger partial charge in [-0.1, -0.05) is 0 Å². The van der Waals surface area contributed by atoms with Gasteiger partial charge < -0.3 is 11.1 Å². The zero-order valence-electron chi connectivity index (χ0n) is 7.83. The van der Waals surface area contributed by atoms with Crippen molar-refractivity contribution in [1.29, 1.82) is 0 Å². The predicted octanol–water partition coefficient (Wildman–Crippen LogP) is 1.66. The molecule has 1 atom stereocenters. The van der Waals surface area contributed by atoms with E-state index in [0.29, 0.717) is 0 Å². The zero-order valence-corrected chi connectivity index (χ0v) is 8.65. The summed E-state index contributed by atoms with van der Waals surface area (Å²) in [5.41, 5.74) is 5.01. The summed E-state index contributed by atoms with van der Waals surface area (Å²) in [6, 6.07) is 3.81. The first-order chi connectivity index (χ1) is 6.08. The van der Waals surface area contributed by atoms with Crippen LogP contribution in [0.2, 0.25) is 0 Å². The molecule has 0 aliphatic heterocycles. The molecular weight excluding hydrogens is 184 g/mol. The summed E-state index contributed by atoms with van der Waals surface area (Å²) in [4.78, 5) is 13.1. The van der Waals surface area contributed by atoms with Crippen LogP contribution in [0, 0.1) is 6.92 Å². The van der Waals surface area contributed by atoms with E-state index in [4.69, 9.17) is 5.73 Å². The highest BCUT2D eigenvalue weighted by Crippen LogP contribution is 2.16. The van der Waals surface area contributed by atoms with Crippen molar-refractivity contribution in [3.63, 3.8) is 0 Å². The van der Waals surface area contributed by atoms with Gasteiger partial charge in [-0.05, 0) is 26.0 Å². The van der Waals surface area contributed by atoms with E-state index in [9.17, 15) is 4.79 Å². The molecule has 0 aromatic carbocycles. The van der Waals surface area contributed by atoms with Gasteiger partial charge in [0.05, 0.1) is 0 Å². The molecule has 4 heteroatoms. The summed E-state index contributed by atoms with van der Waals surface area (Å²) in [5.74, 6) is 0. The van der Waals surface area contributed by atoms with Gasteiger partial charge in [0.15, 0.2) is 0 Å². The highest BCUT2D eigenvalue weighted by atomic mass is 32.1. The number of primary amides is 1. The maximum absolute atomic E-state index is 10.5. The molecule has 72 valence electrons. The van der Waals surface area contributed by atoms with Crippen LogP contribution in [0.25, 0.3) is 0 Å². The van der Waals surface area contributed by atoms with E-state index >= 15 is 0 Å². The van der Waals surface area contributed by atoms with E-state index in [1.165, 1.54) is 9.75 Å². The molecule has 0 aliphatic carbocycles. The normalized spacial score (nSPS) is 12.5. The summed E-state index contributed by atoms with van der Waals surface area (Å²) in [7, 11) is 0. The van der Waals surface area contributed by atoms with Crippen LogP contribution in [0.4, 0.5) is 4.79 Å². The molecule has 0 bridgehead atoms. The minimum absolute atomic E-state index is 0.107. The Morgan fingerprint density at radius 1 is 1.69 bits per heavy atom. The Kier molecular flexibility index (Phi) is 3.31. The number of nitrogens with two attached hydrogens (primary N) is 1. The molecule has 1 rings (SSSR count). The molecule has 1 unspecified atom stereocenters. The van der Waals surface area contributed by atoms with Crippen molar-refractivity contribution in [3.8, 4) is 0 Å². The van der Waals surface area contributed by atoms with E-state index in [-0.39, 0.29) is 6.04 Å². The van der Waals surface area contributed by atoms with Crippen molar-refractivity contribution < 1.29 is 4.79 Å². The molecule has 1 heterocycles. The standard InChI is InChI=1S/C9H14N2OS/c1-6(11-9(10)12)5-8-4-3-7(2)13-8/h3-4,6H,5H2,1-2H3,(H3,10,11,12). The topological polar surface area (TPSA) is 55.1 Å². The molecule has 13 heavy (non-hydrogen) atoms. The number of urea groups is 1. The molecule has 3 N–H and O–H groups in total. The van der Waals surface area contributed by atoms with Crippen LogP contribution in [0.1, 0.15) is 16.7 Å².